The van der Waals surface area contributed by atoms with Crippen molar-refractivity contribution < 1.29 is 34.2 Å². The van der Waals surface area contributed by atoms with E-state index in [1.165, 1.54) is 19.3 Å². The molecule has 192 valence electrons. The maximum atomic E-state index is 12.4. The summed E-state index contributed by atoms with van der Waals surface area (Å²) in [4.78, 5) is 37.3. The summed E-state index contributed by atoms with van der Waals surface area (Å²) in [5, 5.41) is 30.5. The minimum absolute atomic E-state index is 0.245. The highest BCUT2D eigenvalue weighted by molar-refractivity contribution is 5.78. The molecule has 7 heteroatoms. The molecule has 0 heterocycles. The summed E-state index contributed by atoms with van der Waals surface area (Å²) in [6.07, 6.45) is 13.5. The van der Waals surface area contributed by atoms with Crippen molar-refractivity contribution in [3.05, 3.63) is 12.2 Å². The van der Waals surface area contributed by atoms with Gasteiger partial charge in [0.1, 0.15) is 0 Å². The molecule has 0 aromatic heterocycles. The van der Waals surface area contributed by atoms with Gasteiger partial charge in [-0.1, -0.05) is 52.7 Å². The van der Waals surface area contributed by atoms with Crippen molar-refractivity contribution in [1.82, 2.24) is 0 Å². The van der Waals surface area contributed by atoms with Crippen molar-refractivity contribution >= 4 is 17.9 Å². The SMILES string of the molecule is CCCCC/C=C/CCCC[N+](C(CCC)C(=O)O)(C(CCC)C(=O)O)C(CCC)C(=O)O. The number of carboxylic acid groups (broad SMARTS) is 3. The largest absolute Gasteiger partial charge is 0.477 e. The zero-order chi connectivity index (χ0) is 25.3. The van der Waals surface area contributed by atoms with Crippen molar-refractivity contribution in [3.63, 3.8) is 0 Å². The molecule has 0 spiro atoms. The van der Waals surface area contributed by atoms with Gasteiger partial charge in [0.25, 0.3) is 0 Å². The van der Waals surface area contributed by atoms with Crippen LogP contribution in [0.2, 0.25) is 0 Å². The minimum atomic E-state index is -1.10. The Morgan fingerprint density at radius 2 is 0.970 bits per heavy atom. The van der Waals surface area contributed by atoms with Crippen LogP contribution in [0.25, 0.3) is 0 Å². The van der Waals surface area contributed by atoms with E-state index in [0.717, 1.165) is 19.3 Å². The molecule has 0 fully saturated rings. The van der Waals surface area contributed by atoms with Crippen LogP contribution in [0.15, 0.2) is 12.2 Å². The molecular formula is C26H48NO6+. The van der Waals surface area contributed by atoms with Gasteiger partial charge in [0.05, 0.1) is 6.54 Å². The van der Waals surface area contributed by atoms with Crippen LogP contribution in [-0.4, -0.2) is 62.4 Å². The van der Waals surface area contributed by atoms with Gasteiger partial charge in [0, 0.05) is 19.3 Å². The number of aliphatic carboxylic acids is 3. The van der Waals surface area contributed by atoms with Crippen LogP contribution in [0, 0.1) is 0 Å². The molecule has 3 unspecified atom stereocenters. The molecule has 3 atom stereocenters. The van der Waals surface area contributed by atoms with E-state index < -0.39 is 40.5 Å². The Bertz CT molecular complexity index is 544. The monoisotopic (exact) mass is 470 g/mol. The van der Waals surface area contributed by atoms with E-state index in [4.69, 9.17) is 0 Å². The third kappa shape index (κ3) is 9.86. The minimum Gasteiger partial charge on any atom is -0.477 e. The quantitative estimate of drug-likeness (QED) is 0.110. The van der Waals surface area contributed by atoms with Crippen molar-refractivity contribution in [2.24, 2.45) is 0 Å². The molecular weight excluding hydrogens is 422 g/mol. The third-order valence-electron chi connectivity index (χ3n) is 6.59. The Labute approximate surface area is 200 Å². The van der Waals surface area contributed by atoms with Crippen molar-refractivity contribution in [2.45, 2.75) is 129 Å². The molecule has 0 saturated heterocycles. The standard InChI is InChI=1S/C26H47NO6/c1-5-9-10-11-12-13-14-15-16-20-27(21(17-6-2)24(28)29,22(18-7-3)25(30)31)23(19-8-4)26(32)33/h12-13,21-23H,5-11,14-20H2,1-4H3,(H2-,28,29,30,31,32,33)/p+1/b13-12+. The highest BCUT2D eigenvalue weighted by atomic mass is 16.4. The summed E-state index contributed by atoms with van der Waals surface area (Å²) in [6, 6.07) is -3.17. The van der Waals surface area contributed by atoms with Crippen LogP contribution >= 0.6 is 0 Å². The number of unbranched alkanes of at least 4 members (excludes halogenated alkanes) is 5. The molecule has 0 aliphatic rings. The Kier molecular flexibility index (Phi) is 16.6. The first kappa shape index (κ1) is 31.1. The lowest BCUT2D eigenvalue weighted by atomic mass is 9.91. The van der Waals surface area contributed by atoms with Gasteiger partial charge in [0.15, 0.2) is 18.1 Å². The molecule has 0 saturated carbocycles. The number of rotatable bonds is 21. The highest BCUT2D eigenvalue weighted by Crippen LogP contribution is 2.34. The fraction of sp³-hybridized carbons (Fsp3) is 0.808. The van der Waals surface area contributed by atoms with Crippen molar-refractivity contribution in [1.29, 1.82) is 0 Å². The summed E-state index contributed by atoms with van der Waals surface area (Å²) >= 11 is 0. The number of carbonyl (C=O) groups is 3. The van der Waals surface area contributed by atoms with Gasteiger partial charge in [-0.15, -0.1) is 0 Å². The predicted molar refractivity (Wildman–Crippen MR) is 131 cm³/mol. The number of hydrogen-bond acceptors (Lipinski definition) is 3. The van der Waals surface area contributed by atoms with Crippen LogP contribution in [0.5, 0.6) is 0 Å². The molecule has 7 nitrogen and oxygen atoms in total. The van der Waals surface area contributed by atoms with E-state index in [9.17, 15) is 29.7 Å². The molecule has 0 aliphatic carbocycles. The average molecular weight is 471 g/mol. The van der Waals surface area contributed by atoms with Gasteiger partial charge in [0.2, 0.25) is 0 Å². The van der Waals surface area contributed by atoms with Crippen LogP contribution in [0.4, 0.5) is 0 Å². The van der Waals surface area contributed by atoms with E-state index >= 15 is 0 Å². The van der Waals surface area contributed by atoms with Gasteiger partial charge in [-0.2, -0.15) is 0 Å². The molecule has 0 aromatic rings. The van der Waals surface area contributed by atoms with Gasteiger partial charge >= 0.3 is 17.9 Å². The van der Waals surface area contributed by atoms with Crippen LogP contribution in [0.1, 0.15) is 111 Å². The van der Waals surface area contributed by atoms with E-state index in [1.807, 2.05) is 20.8 Å². The lowest BCUT2D eigenvalue weighted by molar-refractivity contribution is -0.973. The Hall–Kier alpha value is -1.89. The zero-order valence-corrected chi connectivity index (χ0v) is 21.3. The van der Waals surface area contributed by atoms with Crippen molar-refractivity contribution in [2.75, 3.05) is 6.54 Å². The predicted octanol–water partition coefficient (Wildman–Crippen LogP) is 5.87. The molecule has 0 aromatic carbocycles. The second-order valence-corrected chi connectivity index (χ2v) is 9.11. The fourth-order valence-electron chi connectivity index (χ4n) is 5.04. The van der Waals surface area contributed by atoms with E-state index in [1.54, 1.807) is 0 Å². The average Bonchev–Trinajstić information content (AvgIpc) is 2.76. The lowest BCUT2D eigenvalue weighted by Crippen LogP contribution is -2.72. The van der Waals surface area contributed by atoms with E-state index in [0.29, 0.717) is 25.7 Å². The molecule has 33 heavy (non-hydrogen) atoms. The van der Waals surface area contributed by atoms with E-state index in [-0.39, 0.29) is 25.8 Å². The summed E-state index contributed by atoms with van der Waals surface area (Å²) < 4.78 is -0.393. The van der Waals surface area contributed by atoms with Crippen LogP contribution < -0.4 is 0 Å². The Morgan fingerprint density at radius 1 is 0.606 bits per heavy atom. The molecule has 0 radical (unpaired) electrons. The number of nitrogens with zero attached hydrogens (tertiary/aromatic N) is 1. The van der Waals surface area contributed by atoms with Crippen LogP contribution in [-0.2, 0) is 14.4 Å². The zero-order valence-electron chi connectivity index (χ0n) is 21.3. The first-order valence-electron chi connectivity index (χ1n) is 12.9. The smallest absolute Gasteiger partial charge is 0.362 e. The Morgan fingerprint density at radius 3 is 1.27 bits per heavy atom. The normalized spacial score (nSPS) is 16.2. The molecule has 0 aliphatic heterocycles. The fourth-order valence-corrected chi connectivity index (χ4v) is 5.04. The summed E-state index contributed by atoms with van der Waals surface area (Å²) in [7, 11) is 0. The molecule has 3 N–H and O–H groups in total. The maximum absolute atomic E-state index is 12.4. The number of hydrogen-bond donors (Lipinski definition) is 3. The third-order valence-corrected chi connectivity index (χ3v) is 6.59. The summed E-state index contributed by atoms with van der Waals surface area (Å²) in [6.45, 7) is 8.00. The van der Waals surface area contributed by atoms with Crippen LogP contribution in [0.3, 0.4) is 0 Å². The molecule has 0 amide bonds. The first-order valence-corrected chi connectivity index (χ1v) is 12.9. The second-order valence-electron chi connectivity index (χ2n) is 9.11. The number of carboxylic acids is 3. The molecule has 0 rings (SSSR count). The number of allylic oxidation sites excluding steroid dienone is 2. The van der Waals surface area contributed by atoms with Crippen molar-refractivity contribution in [3.8, 4) is 0 Å². The first-order chi connectivity index (χ1) is 15.7. The number of quaternary nitrogens is 1. The Balaban J connectivity index is 6.08. The maximum Gasteiger partial charge on any atom is 0.362 e. The van der Waals surface area contributed by atoms with Gasteiger partial charge in [-0.25, -0.2) is 14.4 Å². The second kappa shape index (κ2) is 17.6. The van der Waals surface area contributed by atoms with E-state index in [2.05, 4.69) is 19.1 Å². The topological polar surface area (TPSA) is 112 Å². The van der Waals surface area contributed by atoms with Gasteiger partial charge in [-0.05, 0) is 51.4 Å². The highest BCUT2D eigenvalue weighted by Gasteiger charge is 2.56. The van der Waals surface area contributed by atoms with Gasteiger partial charge < -0.3 is 15.3 Å². The molecule has 0 bridgehead atoms. The summed E-state index contributed by atoms with van der Waals surface area (Å²) in [5.74, 6) is -3.30. The van der Waals surface area contributed by atoms with Gasteiger partial charge in [-0.3, -0.25) is 4.48 Å². The summed E-state index contributed by atoms with van der Waals surface area (Å²) in [5.41, 5.74) is 0. The lowest BCUT2D eigenvalue weighted by Gasteiger charge is -2.50.